The van der Waals surface area contributed by atoms with Crippen molar-refractivity contribution in [3.63, 3.8) is 0 Å². The summed E-state index contributed by atoms with van der Waals surface area (Å²) in [6, 6.07) is 15.7. The predicted octanol–water partition coefficient (Wildman–Crippen LogP) is 7.12. The first-order valence-corrected chi connectivity index (χ1v) is 17.1. The summed E-state index contributed by atoms with van der Waals surface area (Å²) in [5.41, 5.74) is 4.25. The minimum Gasteiger partial charge on any atom is -0.373 e. The molecule has 0 fully saturated rings. The van der Waals surface area contributed by atoms with Gasteiger partial charge >= 0.3 is 0 Å². The van der Waals surface area contributed by atoms with Crippen LogP contribution >= 0.6 is 23.4 Å². The topological polar surface area (TPSA) is 39.5 Å². The number of rotatable bonds is 11. The van der Waals surface area contributed by atoms with E-state index in [1.165, 1.54) is 10.5 Å². The lowest BCUT2D eigenvalue weighted by Crippen LogP contribution is -2.22. The summed E-state index contributed by atoms with van der Waals surface area (Å²) in [6.45, 7) is 10.5. The van der Waals surface area contributed by atoms with E-state index in [1.54, 1.807) is 11.8 Å². The van der Waals surface area contributed by atoms with Crippen LogP contribution < -0.4 is 0 Å². The minimum atomic E-state index is -1.18. The Labute approximate surface area is 219 Å². The van der Waals surface area contributed by atoms with Crippen LogP contribution in [-0.2, 0) is 22.8 Å². The molecule has 1 aliphatic rings. The van der Waals surface area contributed by atoms with Crippen LogP contribution in [0.25, 0.3) is 22.5 Å². The van der Waals surface area contributed by atoms with Crippen molar-refractivity contribution in [1.82, 2.24) is 14.5 Å². The van der Waals surface area contributed by atoms with Crippen molar-refractivity contribution in [2.75, 3.05) is 33.9 Å². The van der Waals surface area contributed by atoms with Crippen molar-refractivity contribution in [3.8, 4) is 22.5 Å². The van der Waals surface area contributed by atoms with Gasteiger partial charge in [-0.3, -0.25) is 0 Å². The first-order valence-electron chi connectivity index (χ1n) is 12.2. The molecule has 2 heterocycles. The second-order valence-electron chi connectivity index (χ2n) is 10.4. The summed E-state index contributed by atoms with van der Waals surface area (Å²) in [5.74, 6) is 0.889. The summed E-state index contributed by atoms with van der Waals surface area (Å²) in [4.78, 5) is 9.67. The van der Waals surface area contributed by atoms with Gasteiger partial charge in [0.25, 0.3) is 0 Å². The second-order valence-corrected chi connectivity index (χ2v) is 17.6. The van der Waals surface area contributed by atoms with Gasteiger partial charge in [-0.1, -0.05) is 61.2 Å². The number of nitrogens with zero attached hydrogens (tertiary/aromatic N) is 3. The van der Waals surface area contributed by atoms with E-state index in [0.29, 0.717) is 25.0 Å². The standard InChI is InChI=1S/C27H36ClN3O2SSi/c1-30(2)13-8-14-32-18-25-29-26-22-17-20(28)11-12-24(22)34-23-10-7-6-9-21(23)27(26)31(25)19-33-15-16-35(3,4)5/h6-7,9-12,17H,8,13-16,18-19H2,1-5H3. The number of imidazole rings is 1. The van der Waals surface area contributed by atoms with Gasteiger partial charge in [0.05, 0.1) is 11.4 Å². The fourth-order valence-corrected chi connectivity index (χ4v) is 6.02. The van der Waals surface area contributed by atoms with Gasteiger partial charge in [-0.25, -0.2) is 4.98 Å². The van der Waals surface area contributed by atoms with E-state index in [4.69, 9.17) is 26.1 Å². The molecule has 0 radical (unpaired) electrons. The molecule has 3 aromatic rings. The van der Waals surface area contributed by atoms with Crippen LogP contribution in [0.15, 0.2) is 52.3 Å². The molecule has 0 saturated heterocycles. The van der Waals surface area contributed by atoms with Crippen LogP contribution in [0.2, 0.25) is 30.7 Å². The van der Waals surface area contributed by atoms with E-state index in [-0.39, 0.29) is 0 Å². The van der Waals surface area contributed by atoms with Crippen LogP contribution in [0.4, 0.5) is 0 Å². The maximum Gasteiger partial charge on any atom is 0.137 e. The second kappa shape index (κ2) is 11.6. The molecule has 0 unspecified atom stereocenters. The van der Waals surface area contributed by atoms with Crippen LogP contribution in [0, 0.1) is 0 Å². The van der Waals surface area contributed by atoms with E-state index in [1.807, 2.05) is 12.1 Å². The van der Waals surface area contributed by atoms with E-state index >= 15 is 0 Å². The largest absolute Gasteiger partial charge is 0.373 e. The van der Waals surface area contributed by atoms with Gasteiger partial charge in [-0.15, -0.1) is 0 Å². The third-order valence-corrected chi connectivity index (χ3v) is 9.04. The highest BCUT2D eigenvalue weighted by Crippen LogP contribution is 2.48. The Morgan fingerprint density at radius 1 is 1.00 bits per heavy atom. The molecule has 0 spiro atoms. The van der Waals surface area contributed by atoms with Crippen molar-refractivity contribution in [1.29, 1.82) is 0 Å². The molecule has 2 aromatic carbocycles. The van der Waals surface area contributed by atoms with Crippen LogP contribution in [0.3, 0.4) is 0 Å². The summed E-state index contributed by atoms with van der Waals surface area (Å²) < 4.78 is 14.5. The number of halogens is 1. The lowest BCUT2D eigenvalue weighted by Gasteiger charge is -2.18. The lowest BCUT2D eigenvalue weighted by atomic mass is 10.0. The summed E-state index contributed by atoms with van der Waals surface area (Å²) in [6.07, 6.45) is 0.984. The smallest absolute Gasteiger partial charge is 0.137 e. The molecule has 1 aliphatic heterocycles. The fourth-order valence-electron chi connectivity index (χ4n) is 4.04. The Balaban J connectivity index is 1.72. The van der Waals surface area contributed by atoms with Gasteiger partial charge in [0.1, 0.15) is 19.2 Å². The third kappa shape index (κ3) is 6.79. The molecule has 35 heavy (non-hydrogen) atoms. The summed E-state index contributed by atoms with van der Waals surface area (Å²) in [5, 5.41) is 0.712. The lowest BCUT2D eigenvalue weighted by molar-refractivity contribution is 0.0707. The molecule has 0 aliphatic carbocycles. The maximum atomic E-state index is 6.45. The van der Waals surface area contributed by atoms with Gasteiger partial charge in [-0.05, 0) is 57.4 Å². The molecule has 1 aromatic heterocycles. The number of aromatic nitrogens is 2. The first-order chi connectivity index (χ1) is 16.7. The highest BCUT2D eigenvalue weighted by molar-refractivity contribution is 7.99. The van der Waals surface area contributed by atoms with Gasteiger partial charge < -0.3 is 18.9 Å². The Morgan fingerprint density at radius 3 is 2.54 bits per heavy atom. The van der Waals surface area contributed by atoms with E-state index in [2.05, 4.69) is 73.5 Å². The van der Waals surface area contributed by atoms with Gasteiger partial charge in [0, 0.05) is 47.2 Å². The zero-order chi connectivity index (χ0) is 25.0. The molecule has 188 valence electrons. The number of fused-ring (bicyclic) bond motifs is 5. The molecule has 5 nitrogen and oxygen atoms in total. The van der Waals surface area contributed by atoms with Gasteiger partial charge in [0.2, 0.25) is 0 Å². The van der Waals surface area contributed by atoms with Crippen molar-refractivity contribution in [2.45, 2.75) is 55.2 Å². The Hall–Kier alpha value is -1.61. The maximum absolute atomic E-state index is 6.45. The van der Waals surface area contributed by atoms with E-state index in [9.17, 15) is 0 Å². The molecule has 4 rings (SSSR count). The number of hydrogen-bond donors (Lipinski definition) is 0. The normalized spacial score (nSPS) is 12.9. The third-order valence-electron chi connectivity index (χ3n) is 5.95. The number of ether oxygens (including phenoxy) is 2. The quantitative estimate of drug-likeness (QED) is 0.153. The highest BCUT2D eigenvalue weighted by atomic mass is 35.5. The number of benzene rings is 2. The zero-order valence-corrected chi connectivity index (χ0v) is 24.0. The Morgan fingerprint density at radius 2 is 1.77 bits per heavy atom. The average molecular weight is 530 g/mol. The Kier molecular flexibility index (Phi) is 8.79. The fraction of sp³-hybridized carbons (Fsp3) is 0.444. The Bertz CT molecular complexity index is 1160. The highest BCUT2D eigenvalue weighted by Gasteiger charge is 2.27. The molecule has 0 N–H and O–H groups in total. The molecule has 0 atom stereocenters. The molecule has 0 saturated carbocycles. The van der Waals surface area contributed by atoms with Gasteiger partial charge in [-0.2, -0.15) is 0 Å². The van der Waals surface area contributed by atoms with Crippen molar-refractivity contribution in [2.24, 2.45) is 0 Å². The average Bonchev–Trinajstić information content (AvgIpc) is 3.08. The number of hydrogen-bond acceptors (Lipinski definition) is 5. The van der Waals surface area contributed by atoms with Crippen LogP contribution in [0.1, 0.15) is 12.2 Å². The zero-order valence-electron chi connectivity index (χ0n) is 21.4. The van der Waals surface area contributed by atoms with Crippen molar-refractivity contribution >= 4 is 31.4 Å². The molecule has 0 amide bonds. The van der Waals surface area contributed by atoms with Crippen LogP contribution in [0.5, 0.6) is 0 Å². The minimum absolute atomic E-state index is 0.447. The van der Waals surface area contributed by atoms with E-state index < -0.39 is 8.07 Å². The molecule has 0 bridgehead atoms. The van der Waals surface area contributed by atoms with E-state index in [0.717, 1.165) is 53.3 Å². The first kappa shape index (κ1) is 26.4. The predicted molar refractivity (Wildman–Crippen MR) is 149 cm³/mol. The summed E-state index contributed by atoms with van der Waals surface area (Å²) >= 11 is 8.21. The SMILES string of the molecule is CN(C)CCCOCc1nc2c(n1COCC[Si](C)(C)C)-c1ccccc1Sc1ccc(Cl)cc1-2. The van der Waals surface area contributed by atoms with Crippen molar-refractivity contribution in [3.05, 3.63) is 53.3 Å². The summed E-state index contributed by atoms with van der Waals surface area (Å²) in [7, 11) is 2.99. The molecule has 8 heteroatoms. The van der Waals surface area contributed by atoms with Gasteiger partial charge in [0.15, 0.2) is 0 Å². The molecular formula is C27H36ClN3O2SSi. The van der Waals surface area contributed by atoms with Crippen LogP contribution in [-0.4, -0.2) is 56.4 Å². The monoisotopic (exact) mass is 529 g/mol. The van der Waals surface area contributed by atoms with Crippen molar-refractivity contribution < 1.29 is 9.47 Å². The molecular weight excluding hydrogens is 494 g/mol.